The molecule has 3 rings (SSSR count). The highest BCUT2D eigenvalue weighted by Gasteiger charge is 2.24. The van der Waals surface area contributed by atoms with Crippen molar-refractivity contribution in [1.29, 1.82) is 0 Å². The molecule has 2 aromatic carbocycles. The van der Waals surface area contributed by atoms with Crippen molar-refractivity contribution in [2.45, 2.75) is 17.9 Å². The standard InChI is InChI=1S/C20H20N2O5S/c1-13(19(23)17-12-21-18-10-5-4-9-16(17)18)27-20(24)14-7-6-8-15(11-14)28(25,26)22(2)3/h4-13,21H,1-3H3/t13-/m1/s1. The molecule has 0 bridgehead atoms. The molecule has 0 unspecified atom stereocenters. The molecule has 7 nitrogen and oxygen atoms in total. The molecule has 1 heterocycles. The van der Waals surface area contributed by atoms with Gasteiger partial charge in [0.05, 0.1) is 10.5 Å². The number of nitrogens with zero attached hydrogens (tertiary/aromatic N) is 1. The number of ketones is 1. The minimum atomic E-state index is -3.68. The van der Waals surface area contributed by atoms with Gasteiger partial charge >= 0.3 is 5.97 Å². The van der Waals surface area contributed by atoms with E-state index in [1.807, 2.05) is 24.3 Å². The lowest BCUT2D eigenvalue weighted by Crippen LogP contribution is -2.25. The van der Waals surface area contributed by atoms with Crippen LogP contribution in [0.15, 0.2) is 59.6 Å². The molecule has 0 saturated heterocycles. The fraction of sp³-hybridized carbons (Fsp3) is 0.200. The van der Waals surface area contributed by atoms with E-state index in [-0.39, 0.29) is 16.2 Å². The maximum Gasteiger partial charge on any atom is 0.338 e. The van der Waals surface area contributed by atoms with Crippen molar-refractivity contribution in [3.63, 3.8) is 0 Å². The predicted octanol–water partition coefficient (Wildman–Crippen LogP) is 2.85. The van der Waals surface area contributed by atoms with E-state index in [0.29, 0.717) is 5.56 Å². The number of rotatable bonds is 6. The van der Waals surface area contributed by atoms with Crippen LogP contribution in [0.4, 0.5) is 0 Å². The van der Waals surface area contributed by atoms with Crippen LogP contribution < -0.4 is 0 Å². The molecule has 1 aromatic heterocycles. The first-order chi connectivity index (χ1) is 13.2. The van der Waals surface area contributed by atoms with E-state index >= 15 is 0 Å². The van der Waals surface area contributed by atoms with E-state index in [1.165, 1.54) is 45.3 Å². The lowest BCUT2D eigenvalue weighted by atomic mass is 10.1. The van der Waals surface area contributed by atoms with Crippen LogP contribution in [-0.4, -0.2) is 49.7 Å². The smallest absolute Gasteiger partial charge is 0.338 e. The van der Waals surface area contributed by atoms with Gasteiger partial charge in [-0.3, -0.25) is 4.79 Å². The molecule has 1 N–H and O–H groups in total. The van der Waals surface area contributed by atoms with Gasteiger partial charge in [-0.1, -0.05) is 24.3 Å². The molecule has 0 saturated carbocycles. The minimum absolute atomic E-state index is 0.0254. The first kappa shape index (κ1) is 19.8. The molecule has 0 radical (unpaired) electrons. The Bertz CT molecular complexity index is 1150. The Morgan fingerprint density at radius 2 is 1.79 bits per heavy atom. The number of aromatic amines is 1. The summed E-state index contributed by atoms with van der Waals surface area (Å²) in [6.07, 6.45) is 0.558. The normalized spacial score (nSPS) is 12.9. The zero-order chi connectivity index (χ0) is 20.5. The maximum atomic E-state index is 12.7. The zero-order valence-corrected chi connectivity index (χ0v) is 16.5. The second kappa shape index (κ2) is 7.57. The molecular weight excluding hydrogens is 380 g/mol. The number of aromatic nitrogens is 1. The molecule has 1 atom stereocenters. The van der Waals surface area contributed by atoms with E-state index in [9.17, 15) is 18.0 Å². The quantitative estimate of drug-likeness (QED) is 0.507. The van der Waals surface area contributed by atoms with Gasteiger partial charge in [0.2, 0.25) is 15.8 Å². The van der Waals surface area contributed by atoms with Crippen LogP contribution in [0, 0.1) is 0 Å². The van der Waals surface area contributed by atoms with Gasteiger partial charge in [0.25, 0.3) is 0 Å². The summed E-state index contributed by atoms with van der Waals surface area (Å²) in [6.45, 7) is 1.49. The van der Waals surface area contributed by atoms with Gasteiger partial charge in [-0.25, -0.2) is 17.5 Å². The number of fused-ring (bicyclic) bond motifs is 1. The fourth-order valence-corrected chi connectivity index (χ4v) is 3.72. The van der Waals surface area contributed by atoms with Crippen LogP contribution in [0.5, 0.6) is 0 Å². The SMILES string of the molecule is C[C@@H](OC(=O)c1cccc(S(=O)(=O)N(C)C)c1)C(=O)c1c[nH]c2ccccc12. The number of ether oxygens (including phenoxy) is 1. The molecule has 8 heteroatoms. The van der Waals surface area contributed by atoms with Gasteiger partial charge < -0.3 is 9.72 Å². The van der Waals surface area contributed by atoms with E-state index < -0.39 is 22.1 Å². The van der Waals surface area contributed by atoms with Crippen LogP contribution in [0.1, 0.15) is 27.6 Å². The van der Waals surface area contributed by atoms with Crippen LogP contribution in [0.2, 0.25) is 0 Å². The molecule has 0 aliphatic heterocycles. The molecule has 0 spiro atoms. The summed E-state index contributed by atoms with van der Waals surface area (Å²) < 4.78 is 30.8. The van der Waals surface area contributed by atoms with Gasteiger partial charge in [0.15, 0.2) is 6.10 Å². The average Bonchev–Trinajstić information content (AvgIpc) is 3.11. The van der Waals surface area contributed by atoms with Crippen LogP contribution in [-0.2, 0) is 14.8 Å². The molecule has 3 aromatic rings. The molecule has 0 aliphatic carbocycles. The summed E-state index contributed by atoms with van der Waals surface area (Å²) >= 11 is 0. The van der Waals surface area contributed by atoms with Crippen molar-refractivity contribution < 1.29 is 22.7 Å². The average molecular weight is 400 g/mol. The van der Waals surface area contributed by atoms with E-state index in [0.717, 1.165) is 15.2 Å². The highest BCUT2D eigenvalue weighted by atomic mass is 32.2. The summed E-state index contributed by atoms with van der Waals surface area (Å²) in [4.78, 5) is 28.1. The number of sulfonamides is 1. The lowest BCUT2D eigenvalue weighted by Gasteiger charge is -2.14. The summed E-state index contributed by atoms with van der Waals surface area (Å²) in [6, 6.07) is 12.9. The highest BCUT2D eigenvalue weighted by molar-refractivity contribution is 7.89. The molecule has 146 valence electrons. The van der Waals surface area contributed by atoms with Gasteiger partial charge in [0.1, 0.15) is 0 Å². The van der Waals surface area contributed by atoms with Crippen LogP contribution in [0.25, 0.3) is 10.9 Å². The number of H-pyrrole nitrogens is 1. The van der Waals surface area contributed by atoms with Crippen LogP contribution in [0.3, 0.4) is 0 Å². The minimum Gasteiger partial charge on any atom is -0.451 e. The van der Waals surface area contributed by atoms with Gasteiger partial charge in [-0.2, -0.15) is 0 Å². The third kappa shape index (κ3) is 3.69. The number of Topliss-reactive ketones (excluding diaryl/α,β-unsaturated/α-hetero) is 1. The Kier molecular flexibility index (Phi) is 5.35. The molecule has 0 amide bonds. The van der Waals surface area contributed by atoms with Crippen molar-refractivity contribution in [2.75, 3.05) is 14.1 Å². The van der Waals surface area contributed by atoms with E-state index in [1.54, 1.807) is 6.20 Å². The maximum absolute atomic E-state index is 12.7. The number of carbonyl (C=O) groups excluding carboxylic acids is 2. The van der Waals surface area contributed by atoms with E-state index in [4.69, 9.17) is 4.74 Å². The van der Waals surface area contributed by atoms with E-state index in [2.05, 4.69) is 4.98 Å². The third-order valence-electron chi connectivity index (χ3n) is 4.36. The summed E-state index contributed by atoms with van der Waals surface area (Å²) in [5.41, 5.74) is 1.30. The Morgan fingerprint density at radius 1 is 1.07 bits per heavy atom. The van der Waals surface area contributed by atoms with Gasteiger partial charge in [-0.15, -0.1) is 0 Å². The predicted molar refractivity (Wildman–Crippen MR) is 105 cm³/mol. The summed E-state index contributed by atoms with van der Waals surface area (Å²) in [5, 5.41) is 0.745. The van der Waals surface area contributed by atoms with Crippen molar-refractivity contribution in [2.24, 2.45) is 0 Å². The molecule has 0 fully saturated rings. The summed E-state index contributed by atoms with van der Waals surface area (Å²) in [5.74, 6) is -1.11. The highest BCUT2D eigenvalue weighted by Crippen LogP contribution is 2.21. The van der Waals surface area contributed by atoms with Crippen molar-refractivity contribution in [3.8, 4) is 0 Å². The van der Waals surface area contributed by atoms with Gasteiger partial charge in [0, 0.05) is 36.8 Å². The molecule has 0 aliphatic rings. The fourth-order valence-electron chi connectivity index (χ4n) is 2.77. The van der Waals surface area contributed by atoms with Crippen molar-refractivity contribution in [1.82, 2.24) is 9.29 Å². The molecular formula is C20H20N2O5S. The number of carbonyl (C=O) groups is 2. The largest absolute Gasteiger partial charge is 0.451 e. The van der Waals surface area contributed by atoms with Gasteiger partial charge in [-0.05, 0) is 31.2 Å². The van der Waals surface area contributed by atoms with Crippen molar-refractivity contribution in [3.05, 3.63) is 65.9 Å². The molecule has 28 heavy (non-hydrogen) atoms. The Labute approximate surface area is 163 Å². The number of hydrogen-bond acceptors (Lipinski definition) is 5. The first-order valence-electron chi connectivity index (χ1n) is 8.55. The lowest BCUT2D eigenvalue weighted by molar-refractivity contribution is 0.0319. The first-order valence-corrected chi connectivity index (χ1v) is 9.99. The summed E-state index contributed by atoms with van der Waals surface area (Å²) in [7, 11) is -0.873. The van der Waals surface area contributed by atoms with Crippen LogP contribution >= 0.6 is 0 Å². The number of benzene rings is 2. The number of nitrogens with one attached hydrogen (secondary N) is 1. The second-order valence-electron chi connectivity index (χ2n) is 6.47. The van der Waals surface area contributed by atoms with Crippen molar-refractivity contribution >= 4 is 32.7 Å². The number of hydrogen-bond donors (Lipinski definition) is 1. The Morgan fingerprint density at radius 3 is 2.50 bits per heavy atom. The third-order valence-corrected chi connectivity index (χ3v) is 6.17. The zero-order valence-electron chi connectivity index (χ0n) is 15.7. The Hall–Kier alpha value is -2.97. The Balaban J connectivity index is 1.80. The monoisotopic (exact) mass is 400 g/mol. The second-order valence-corrected chi connectivity index (χ2v) is 8.63. The number of esters is 1. The number of para-hydroxylation sites is 1. The topological polar surface area (TPSA) is 96.5 Å².